The Morgan fingerprint density at radius 3 is 2.88 bits per heavy atom. The molecule has 1 fully saturated rings. The lowest BCUT2D eigenvalue weighted by atomic mass is 10.1. The minimum Gasteiger partial charge on any atom is -0.403 e. The van der Waals surface area contributed by atoms with E-state index >= 15 is 4.39 Å². The van der Waals surface area contributed by atoms with Gasteiger partial charge in [-0.1, -0.05) is 23.6 Å². The number of terminal acetylenes is 1. The number of hydrogen-bond acceptors (Lipinski definition) is 9. The van der Waals surface area contributed by atoms with Gasteiger partial charge in [0.05, 0.1) is 7.98 Å². The number of benzene rings is 1. The first-order valence-corrected chi connectivity index (χ1v) is 11.0. The number of halogens is 1. The summed E-state index contributed by atoms with van der Waals surface area (Å²) < 4.78 is 57.6. The van der Waals surface area contributed by atoms with Crippen molar-refractivity contribution < 1.29 is 38.8 Å². The van der Waals surface area contributed by atoms with Crippen LogP contribution >= 0.6 is 7.82 Å². The molecule has 0 amide bonds. The standard InChI is InChI=1S/C20H20FN2O9P/c1-4-12-7-23(19(27)22-17(12)26)18-14(24)16(25)20(21,31-18)9-30-33(28)29-8-13-6-10(2)5-11(3)15(13)32-33/h1,5-7,14,16,18,24-25H,8-9H2,2-3H3,(H,22,26,27)/t14-,16+,18-,20-,33?/m1/s1/i18D. The molecule has 3 N–H and O–H groups in total. The maximum absolute atomic E-state index is 15.5. The van der Waals surface area contributed by atoms with Gasteiger partial charge in [0, 0.05) is 11.8 Å². The number of aromatic nitrogens is 2. The summed E-state index contributed by atoms with van der Waals surface area (Å²) >= 11 is 0. The molecule has 0 spiro atoms. The van der Waals surface area contributed by atoms with Gasteiger partial charge in [-0.15, -0.1) is 6.42 Å². The van der Waals surface area contributed by atoms with Gasteiger partial charge >= 0.3 is 13.5 Å². The van der Waals surface area contributed by atoms with Gasteiger partial charge in [0.25, 0.3) is 11.4 Å². The zero-order valence-electron chi connectivity index (χ0n) is 18.4. The smallest absolute Gasteiger partial charge is 0.403 e. The molecule has 2 aliphatic rings. The van der Waals surface area contributed by atoms with E-state index in [1.807, 2.05) is 17.8 Å². The second kappa shape index (κ2) is 8.22. The molecule has 1 unspecified atom stereocenters. The summed E-state index contributed by atoms with van der Waals surface area (Å²) in [6.45, 7) is 2.09. The molecule has 33 heavy (non-hydrogen) atoms. The number of H-pyrrole nitrogens is 1. The number of nitrogens with one attached hydrogen (secondary N) is 1. The Morgan fingerprint density at radius 1 is 1.45 bits per heavy atom. The molecule has 0 radical (unpaired) electrons. The van der Waals surface area contributed by atoms with Crippen molar-refractivity contribution >= 4 is 7.82 Å². The van der Waals surface area contributed by atoms with Crippen LogP contribution in [0.1, 0.15) is 29.8 Å². The lowest BCUT2D eigenvalue weighted by Crippen LogP contribution is -2.43. The minimum atomic E-state index is -4.39. The van der Waals surface area contributed by atoms with Gasteiger partial charge in [0.2, 0.25) is 0 Å². The van der Waals surface area contributed by atoms with Crippen LogP contribution < -0.4 is 15.8 Å². The van der Waals surface area contributed by atoms with Crippen LogP contribution in [0.4, 0.5) is 4.39 Å². The summed E-state index contributed by atoms with van der Waals surface area (Å²) in [5.74, 6) is -1.14. The predicted molar refractivity (Wildman–Crippen MR) is 110 cm³/mol. The third-order valence-corrected chi connectivity index (χ3v) is 6.40. The molecule has 0 aliphatic carbocycles. The van der Waals surface area contributed by atoms with Gasteiger partial charge in [-0.3, -0.25) is 23.4 Å². The first-order chi connectivity index (χ1) is 15.8. The monoisotopic (exact) mass is 483 g/mol. The third-order valence-electron chi connectivity index (χ3n) is 5.10. The van der Waals surface area contributed by atoms with Crippen LogP contribution in [0.15, 0.2) is 27.9 Å². The van der Waals surface area contributed by atoms with Gasteiger partial charge in [-0.05, 0) is 19.4 Å². The highest BCUT2D eigenvalue weighted by Crippen LogP contribution is 2.56. The Hall–Kier alpha value is -2.78. The molecule has 176 valence electrons. The predicted octanol–water partition coefficient (Wildman–Crippen LogP) is 0.785. The lowest BCUT2D eigenvalue weighted by molar-refractivity contribution is -0.205. The maximum atomic E-state index is 15.5. The van der Waals surface area contributed by atoms with Crippen LogP contribution in [0.25, 0.3) is 0 Å². The number of aliphatic hydroxyl groups is 2. The molecule has 1 aromatic carbocycles. The molecule has 2 aliphatic heterocycles. The summed E-state index contributed by atoms with van der Waals surface area (Å²) in [4.78, 5) is 25.7. The number of nitrogens with zero attached hydrogens (tertiary/aromatic N) is 1. The van der Waals surface area contributed by atoms with Crippen LogP contribution in [0.2, 0.25) is 0 Å². The highest BCUT2D eigenvalue weighted by molar-refractivity contribution is 7.49. The van der Waals surface area contributed by atoms with Crippen molar-refractivity contribution in [3.63, 3.8) is 0 Å². The number of aliphatic hydroxyl groups excluding tert-OH is 2. The van der Waals surface area contributed by atoms with Crippen LogP contribution in [0.5, 0.6) is 5.75 Å². The average Bonchev–Trinajstić information content (AvgIpc) is 2.94. The second-order valence-corrected chi connectivity index (χ2v) is 9.18. The molecule has 1 saturated heterocycles. The Labute approximate surface area is 187 Å². The van der Waals surface area contributed by atoms with Crippen LogP contribution in [0.3, 0.4) is 0 Å². The van der Waals surface area contributed by atoms with Crippen molar-refractivity contribution in [3.8, 4) is 18.1 Å². The van der Waals surface area contributed by atoms with Crippen molar-refractivity contribution in [1.29, 1.82) is 0 Å². The number of fused-ring (bicyclic) bond motifs is 1. The number of alkyl halides is 1. The Morgan fingerprint density at radius 2 is 2.18 bits per heavy atom. The van der Waals surface area contributed by atoms with E-state index < -0.39 is 55.5 Å². The Bertz CT molecular complexity index is 1370. The number of aromatic amines is 1. The summed E-state index contributed by atoms with van der Waals surface area (Å²) in [6.07, 6.45) is -1.88. The van der Waals surface area contributed by atoms with E-state index in [1.165, 1.54) is 0 Å². The van der Waals surface area contributed by atoms with Crippen molar-refractivity contribution in [1.82, 2.24) is 9.55 Å². The zero-order chi connectivity index (χ0) is 25.1. The first kappa shape index (κ1) is 22.0. The fourth-order valence-corrected chi connectivity index (χ4v) is 4.80. The number of ether oxygens (including phenoxy) is 1. The van der Waals surface area contributed by atoms with Crippen molar-refractivity contribution in [2.75, 3.05) is 6.61 Å². The van der Waals surface area contributed by atoms with Gasteiger partial charge in [0.15, 0.2) is 6.20 Å². The number of rotatable bonds is 4. The molecule has 0 bridgehead atoms. The minimum absolute atomic E-state index is 0.162. The van der Waals surface area contributed by atoms with Gasteiger partial charge < -0.3 is 19.5 Å². The van der Waals surface area contributed by atoms with Gasteiger partial charge in [0.1, 0.15) is 30.1 Å². The maximum Gasteiger partial charge on any atom is 0.530 e. The largest absolute Gasteiger partial charge is 0.530 e. The molecule has 13 heteroatoms. The van der Waals surface area contributed by atoms with Crippen molar-refractivity contribution in [2.24, 2.45) is 0 Å². The first-order valence-electron chi connectivity index (χ1n) is 10.1. The molecular weight excluding hydrogens is 462 g/mol. The average molecular weight is 483 g/mol. The van der Waals surface area contributed by atoms with Crippen molar-refractivity contribution in [3.05, 3.63) is 61.4 Å². The van der Waals surface area contributed by atoms with E-state index in [1.54, 1.807) is 19.1 Å². The topological polar surface area (TPSA) is 149 Å². The highest BCUT2D eigenvalue weighted by Gasteiger charge is 2.57. The molecule has 0 saturated carbocycles. The molecule has 4 rings (SSSR count). The number of phosphoric ester groups is 1. The molecule has 5 atom stereocenters. The van der Waals surface area contributed by atoms with E-state index in [9.17, 15) is 24.4 Å². The molecule has 3 heterocycles. The Balaban J connectivity index is 1.59. The SMILES string of the molecule is [2H][C@@]1(n2cc(C#C)c(=O)[nH]c2=O)O[C@](F)(COP2(=O)OCc3cc(C)cc(C)c3O2)[C@@H](O)[C@H]1O. The molecular formula is C20H20FN2O9P. The fourth-order valence-electron chi connectivity index (χ4n) is 3.51. The van der Waals surface area contributed by atoms with Crippen molar-refractivity contribution in [2.45, 2.75) is 44.7 Å². The van der Waals surface area contributed by atoms with E-state index in [2.05, 4.69) is 0 Å². The quantitative estimate of drug-likeness (QED) is 0.424. The third kappa shape index (κ3) is 4.15. The summed E-state index contributed by atoms with van der Waals surface area (Å²) in [5, 5.41) is 20.6. The van der Waals surface area contributed by atoms with E-state index in [0.29, 0.717) is 21.9 Å². The fraction of sp³-hybridized carbons (Fsp3) is 0.400. The van der Waals surface area contributed by atoms with Crippen LogP contribution in [0, 0.1) is 26.2 Å². The number of phosphoric acid groups is 1. The van der Waals surface area contributed by atoms with Gasteiger partial charge in [-0.25, -0.2) is 13.8 Å². The number of aryl methyl sites for hydroxylation is 2. The normalized spacial score (nSPS) is 33.6. The number of hydrogen-bond donors (Lipinski definition) is 3. The molecule has 11 nitrogen and oxygen atoms in total. The molecule has 2 aromatic rings. The van der Waals surface area contributed by atoms with Gasteiger partial charge in [-0.2, -0.15) is 0 Å². The van der Waals surface area contributed by atoms with E-state index in [0.717, 1.165) is 5.56 Å². The molecule has 1 aromatic heterocycles. The van der Waals surface area contributed by atoms with Crippen LogP contribution in [-0.2, 0) is 25.0 Å². The van der Waals surface area contributed by atoms with E-state index in [4.69, 9.17) is 26.1 Å². The zero-order valence-corrected chi connectivity index (χ0v) is 18.3. The second-order valence-electron chi connectivity index (χ2n) is 7.59. The Kier molecular flexibility index (Phi) is 5.49. The summed E-state index contributed by atoms with van der Waals surface area (Å²) in [7, 11) is -4.39. The van der Waals surface area contributed by atoms with E-state index in [-0.39, 0.29) is 12.4 Å². The van der Waals surface area contributed by atoms with Crippen LogP contribution in [-0.4, -0.2) is 44.4 Å². The lowest BCUT2D eigenvalue weighted by Gasteiger charge is -2.29. The summed E-state index contributed by atoms with van der Waals surface area (Å²) in [6, 6.07) is 3.52. The highest BCUT2D eigenvalue weighted by atomic mass is 31.2. The summed E-state index contributed by atoms with van der Waals surface area (Å²) in [5.41, 5.74) is -0.478.